The first-order valence-electron chi connectivity index (χ1n) is 9.62. The van der Waals surface area contributed by atoms with E-state index in [1.165, 1.54) is 36.4 Å². The number of carbonyl (C=O) groups is 1. The number of pyridine rings is 2. The molecule has 1 N–H and O–H groups in total. The molecule has 1 atom stereocenters. The molecule has 0 fully saturated rings. The highest BCUT2D eigenvalue weighted by Gasteiger charge is 2.15. The topological polar surface area (TPSA) is 117 Å². The van der Waals surface area contributed by atoms with Crippen LogP contribution in [0.3, 0.4) is 0 Å². The van der Waals surface area contributed by atoms with E-state index in [1.807, 2.05) is 0 Å². The maximum atomic E-state index is 12.8. The Bertz CT molecular complexity index is 1170. The number of rotatable bonds is 9. The van der Waals surface area contributed by atoms with Gasteiger partial charge >= 0.3 is 0 Å². The van der Waals surface area contributed by atoms with Crippen LogP contribution in [0.2, 0.25) is 0 Å². The van der Waals surface area contributed by atoms with Crippen molar-refractivity contribution in [1.82, 2.24) is 9.97 Å². The van der Waals surface area contributed by atoms with Crippen LogP contribution in [-0.2, 0) is 14.6 Å². The second-order valence-corrected chi connectivity index (χ2v) is 8.95. The van der Waals surface area contributed by atoms with E-state index in [-0.39, 0.29) is 28.3 Å². The first kappa shape index (κ1) is 23.2. The van der Waals surface area contributed by atoms with Gasteiger partial charge < -0.3 is 19.5 Å². The number of hydrogen-bond donors (Lipinski definition) is 1. The fraction of sp³-hybridized carbons (Fsp3) is 0.227. The van der Waals surface area contributed by atoms with Crippen LogP contribution < -0.4 is 14.8 Å². The second-order valence-electron chi connectivity index (χ2n) is 6.93. The summed E-state index contributed by atoms with van der Waals surface area (Å²) in [6, 6.07) is 14.0. The first-order chi connectivity index (χ1) is 15.2. The second kappa shape index (κ2) is 10.2. The molecule has 1 aromatic carbocycles. The highest BCUT2D eigenvalue weighted by molar-refractivity contribution is 7.90. The summed E-state index contributed by atoms with van der Waals surface area (Å²) in [5.74, 6) is 0.593. The molecule has 3 aromatic rings. The minimum atomic E-state index is -3.33. The predicted octanol–water partition coefficient (Wildman–Crippen LogP) is 3.34. The Balaban J connectivity index is 1.88. The molecule has 10 heteroatoms. The van der Waals surface area contributed by atoms with Gasteiger partial charge in [0.25, 0.3) is 5.91 Å². The van der Waals surface area contributed by atoms with E-state index in [0.29, 0.717) is 18.2 Å². The third kappa shape index (κ3) is 6.50. The summed E-state index contributed by atoms with van der Waals surface area (Å²) in [5.41, 5.74) is 0.244. The van der Waals surface area contributed by atoms with Gasteiger partial charge in [0.2, 0.25) is 11.8 Å². The molecule has 2 aromatic heterocycles. The van der Waals surface area contributed by atoms with Crippen LogP contribution in [0.5, 0.6) is 17.5 Å². The fourth-order valence-corrected chi connectivity index (χ4v) is 3.33. The lowest BCUT2D eigenvalue weighted by atomic mass is 10.2. The van der Waals surface area contributed by atoms with Crippen molar-refractivity contribution in [1.29, 1.82) is 0 Å². The number of nitrogens with one attached hydrogen (secondary N) is 1. The largest absolute Gasteiger partial charge is 0.472 e. The van der Waals surface area contributed by atoms with E-state index in [2.05, 4.69) is 15.3 Å². The van der Waals surface area contributed by atoms with Crippen LogP contribution in [-0.4, -0.2) is 50.4 Å². The highest BCUT2D eigenvalue weighted by atomic mass is 32.2. The van der Waals surface area contributed by atoms with Crippen LogP contribution in [0.15, 0.2) is 65.7 Å². The zero-order valence-corrected chi connectivity index (χ0v) is 18.6. The summed E-state index contributed by atoms with van der Waals surface area (Å²) >= 11 is 0. The Morgan fingerprint density at radius 2 is 1.81 bits per heavy atom. The van der Waals surface area contributed by atoms with Crippen molar-refractivity contribution in [2.45, 2.75) is 17.9 Å². The number of ether oxygens (including phenoxy) is 3. The third-order valence-electron chi connectivity index (χ3n) is 4.14. The van der Waals surface area contributed by atoms with Gasteiger partial charge in [-0.3, -0.25) is 4.79 Å². The smallest absolute Gasteiger partial charge is 0.257 e. The Morgan fingerprint density at radius 3 is 2.44 bits per heavy atom. The molecule has 0 saturated carbocycles. The number of methoxy groups -OCH3 is 1. The molecule has 1 amide bonds. The molecular formula is C22H23N3O6S. The minimum Gasteiger partial charge on any atom is -0.472 e. The van der Waals surface area contributed by atoms with E-state index >= 15 is 0 Å². The Hall–Kier alpha value is -3.50. The van der Waals surface area contributed by atoms with E-state index in [1.54, 1.807) is 38.4 Å². The number of hydrogen-bond acceptors (Lipinski definition) is 8. The van der Waals surface area contributed by atoms with Gasteiger partial charge in [0.1, 0.15) is 17.7 Å². The zero-order chi connectivity index (χ0) is 23.1. The summed E-state index contributed by atoms with van der Waals surface area (Å²) in [6.45, 7) is 2.13. The van der Waals surface area contributed by atoms with E-state index in [4.69, 9.17) is 14.2 Å². The lowest BCUT2D eigenvalue weighted by Gasteiger charge is -2.15. The summed E-state index contributed by atoms with van der Waals surface area (Å²) in [4.78, 5) is 21.3. The van der Waals surface area contributed by atoms with E-state index < -0.39 is 15.7 Å². The van der Waals surface area contributed by atoms with Gasteiger partial charge in [0.05, 0.1) is 17.1 Å². The Kier molecular flexibility index (Phi) is 7.39. The maximum Gasteiger partial charge on any atom is 0.257 e. The fourth-order valence-electron chi connectivity index (χ4n) is 2.70. The number of anilines is 1. The van der Waals surface area contributed by atoms with Crippen LogP contribution in [0.25, 0.3) is 0 Å². The summed E-state index contributed by atoms with van der Waals surface area (Å²) in [7, 11) is -1.77. The van der Waals surface area contributed by atoms with Crippen LogP contribution >= 0.6 is 0 Å². The molecule has 32 heavy (non-hydrogen) atoms. The number of carbonyl (C=O) groups excluding carboxylic acids is 1. The van der Waals surface area contributed by atoms with Gasteiger partial charge in [-0.1, -0.05) is 6.07 Å². The predicted molar refractivity (Wildman–Crippen MR) is 118 cm³/mol. The van der Waals surface area contributed by atoms with Gasteiger partial charge in [-0.15, -0.1) is 0 Å². The molecule has 9 nitrogen and oxygen atoms in total. The van der Waals surface area contributed by atoms with Crippen molar-refractivity contribution in [2.75, 3.05) is 25.3 Å². The summed E-state index contributed by atoms with van der Waals surface area (Å²) in [5, 5.41) is 2.70. The molecule has 0 spiro atoms. The van der Waals surface area contributed by atoms with Gasteiger partial charge in [-0.25, -0.2) is 13.4 Å². The average Bonchev–Trinajstić information content (AvgIpc) is 2.74. The summed E-state index contributed by atoms with van der Waals surface area (Å²) < 4.78 is 39.9. The Morgan fingerprint density at radius 1 is 1.09 bits per heavy atom. The molecule has 0 aliphatic carbocycles. The summed E-state index contributed by atoms with van der Waals surface area (Å²) in [6.07, 6.45) is 2.37. The average molecular weight is 458 g/mol. The standard InChI is InChI=1S/C22H23N3O6S/c1-15(14-29-2)30-20-12-16(22(26)24-19-6-4-5-11-23-19)13-21(25-20)31-17-7-9-18(10-8-17)32(3,27)28/h4-13,15H,14H2,1-3H3,(H,23,24,26). The molecule has 0 aliphatic heterocycles. The monoisotopic (exact) mass is 457 g/mol. The maximum absolute atomic E-state index is 12.8. The van der Waals surface area contributed by atoms with Gasteiger partial charge in [-0.05, 0) is 43.3 Å². The van der Waals surface area contributed by atoms with Crippen molar-refractivity contribution in [2.24, 2.45) is 0 Å². The van der Waals surface area contributed by atoms with Gasteiger partial charge in [0, 0.05) is 31.7 Å². The quantitative estimate of drug-likeness (QED) is 0.520. The van der Waals surface area contributed by atoms with Crippen molar-refractivity contribution < 1.29 is 27.4 Å². The van der Waals surface area contributed by atoms with Gasteiger partial charge in [-0.2, -0.15) is 4.98 Å². The number of benzene rings is 1. The molecule has 0 bridgehead atoms. The number of amides is 1. The van der Waals surface area contributed by atoms with Crippen molar-refractivity contribution in [3.63, 3.8) is 0 Å². The molecule has 1 unspecified atom stereocenters. The van der Waals surface area contributed by atoms with Crippen LogP contribution in [0.4, 0.5) is 5.82 Å². The van der Waals surface area contributed by atoms with Crippen molar-refractivity contribution >= 4 is 21.6 Å². The van der Waals surface area contributed by atoms with Crippen molar-refractivity contribution in [3.8, 4) is 17.5 Å². The van der Waals surface area contributed by atoms with Crippen LogP contribution in [0.1, 0.15) is 17.3 Å². The molecule has 2 heterocycles. The molecular weight excluding hydrogens is 434 g/mol. The van der Waals surface area contributed by atoms with Gasteiger partial charge in [0.15, 0.2) is 9.84 Å². The number of sulfone groups is 1. The lowest BCUT2D eigenvalue weighted by molar-refractivity contribution is 0.0882. The highest BCUT2D eigenvalue weighted by Crippen LogP contribution is 2.26. The minimum absolute atomic E-state index is 0.102. The SMILES string of the molecule is COCC(C)Oc1cc(C(=O)Nc2ccccn2)cc(Oc2ccc(S(C)(=O)=O)cc2)n1. The molecule has 168 valence electrons. The zero-order valence-electron chi connectivity index (χ0n) is 17.8. The number of nitrogens with zero attached hydrogens (tertiary/aromatic N) is 2. The number of aromatic nitrogens is 2. The lowest BCUT2D eigenvalue weighted by Crippen LogP contribution is -2.19. The van der Waals surface area contributed by atoms with Crippen LogP contribution in [0, 0.1) is 0 Å². The van der Waals surface area contributed by atoms with E-state index in [9.17, 15) is 13.2 Å². The normalized spacial score (nSPS) is 12.1. The molecule has 3 rings (SSSR count). The van der Waals surface area contributed by atoms with E-state index in [0.717, 1.165) is 6.26 Å². The molecule has 0 aliphatic rings. The third-order valence-corrected chi connectivity index (χ3v) is 5.27. The molecule has 0 radical (unpaired) electrons. The Labute approximate surface area is 186 Å². The molecule has 0 saturated heterocycles. The first-order valence-corrected chi connectivity index (χ1v) is 11.5. The van der Waals surface area contributed by atoms with Crippen molar-refractivity contribution in [3.05, 3.63) is 66.4 Å².